The summed E-state index contributed by atoms with van der Waals surface area (Å²) in [5.74, 6) is -5.82. The van der Waals surface area contributed by atoms with Gasteiger partial charge in [-0.05, 0) is 25.2 Å². The highest BCUT2D eigenvalue weighted by molar-refractivity contribution is 5.85. The van der Waals surface area contributed by atoms with Crippen molar-refractivity contribution in [2.75, 3.05) is 6.61 Å². The standard InChI is InChI=1S/C13H21F2NO3/c1-7(2)11(18)13(14,15)12(19)16-9-3-4-10(16)8(5-9)6-17/h7-11,17-18H,3-6H2,1-2H3. The molecule has 6 heteroatoms. The minimum Gasteiger partial charge on any atom is -0.396 e. The molecule has 0 radical (unpaired) electrons. The lowest BCUT2D eigenvalue weighted by molar-refractivity contribution is -0.181. The Morgan fingerprint density at radius 2 is 2.05 bits per heavy atom. The van der Waals surface area contributed by atoms with Crippen LogP contribution < -0.4 is 0 Å². The summed E-state index contributed by atoms with van der Waals surface area (Å²) in [5.41, 5.74) is 0. The number of carbonyl (C=O) groups excluding carboxylic acids is 1. The Balaban J connectivity index is 2.17. The first-order valence-corrected chi connectivity index (χ1v) is 6.80. The summed E-state index contributed by atoms with van der Waals surface area (Å²) in [6.07, 6.45) is -0.00984. The van der Waals surface area contributed by atoms with Gasteiger partial charge in [0.1, 0.15) is 6.10 Å². The SMILES string of the molecule is CC(C)C(O)C(F)(F)C(=O)N1C2CCC1C(CO)C2. The number of fused-ring (bicyclic) bond motifs is 2. The van der Waals surface area contributed by atoms with Crippen LogP contribution in [0.25, 0.3) is 0 Å². The van der Waals surface area contributed by atoms with Crippen molar-refractivity contribution in [3.63, 3.8) is 0 Å². The molecule has 0 aromatic carbocycles. The van der Waals surface area contributed by atoms with Crippen molar-refractivity contribution in [1.82, 2.24) is 4.90 Å². The van der Waals surface area contributed by atoms with Gasteiger partial charge in [0.25, 0.3) is 5.91 Å². The van der Waals surface area contributed by atoms with Crippen molar-refractivity contribution < 1.29 is 23.8 Å². The van der Waals surface area contributed by atoms with Gasteiger partial charge in [-0.3, -0.25) is 4.79 Å². The Morgan fingerprint density at radius 3 is 2.53 bits per heavy atom. The molecule has 0 spiro atoms. The van der Waals surface area contributed by atoms with Gasteiger partial charge in [0, 0.05) is 24.6 Å². The quantitative estimate of drug-likeness (QED) is 0.806. The molecule has 2 rings (SSSR count). The van der Waals surface area contributed by atoms with Crippen molar-refractivity contribution in [2.24, 2.45) is 11.8 Å². The first kappa shape index (κ1) is 14.7. The Bertz CT molecular complexity index is 362. The number of aliphatic hydroxyl groups excluding tert-OH is 2. The van der Waals surface area contributed by atoms with E-state index < -0.39 is 23.9 Å². The lowest BCUT2D eigenvalue weighted by Crippen LogP contribution is -2.53. The fourth-order valence-corrected chi connectivity index (χ4v) is 3.34. The van der Waals surface area contributed by atoms with Gasteiger partial charge < -0.3 is 15.1 Å². The summed E-state index contributed by atoms with van der Waals surface area (Å²) in [7, 11) is 0. The van der Waals surface area contributed by atoms with Gasteiger partial charge in [-0.1, -0.05) is 13.8 Å². The van der Waals surface area contributed by atoms with Crippen LogP contribution in [0.15, 0.2) is 0 Å². The maximum Gasteiger partial charge on any atom is 0.350 e. The largest absolute Gasteiger partial charge is 0.396 e. The Labute approximate surface area is 111 Å². The lowest BCUT2D eigenvalue weighted by atomic mass is 9.90. The highest BCUT2D eigenvalue weighted by atomic mass is 19.3. The molecule has 1 amide bonds. The average molecular weight is 277 g/mol. The summed E-state index contributed by atoms with van der Waals surface area (Å²) >= 11 is 0. The fourth-order valence-electron chi connectivity index (χ4n) is 3.34. The van der Waals surface area contributed by atoms with Gasteiger partial charge in [-0.25, -0.2) is 0 Å². The van der Waals surface area contributed by atoms with E-state index in [4.69, 9.17) is 0 Å². The molecule has 2 aliphatic heterocycles. The third kappa shape index (κ3) is 2.25. The number of aliphatic hydroxyl groups is 2. The van der Waals surface area contributed by atoms with Crippen LogP contribution in [-0.2, 0) is 4.79 Å². The van der Waals surface area contributed by atoms with E-state index in [-0.39, 0.29) is 24.6 Å². The second-order valence-corrected chi connectivity index (χ2v) is 6.00. The number of halogens is 2. The van der Waals surface area contributed by atoms with E-state index in [2.05, 4.69) is 0 Å². The molecule has 2 aliphatic rings. The normalized spacial score (nSPS) is 32.2. The van der Waals surface area contributed by atoms with Crippen LogP contribution in [0.1, 0.15) is 33.1 Å². The number of carbonyl (C=O) groups is 1. The molecule has 0 aromatic heterocycles. The molecule has 4 nitrogen and oxygen atoms in total. The summed E-state index contributed by atoms with van der Waals surface area (Å²) in [4.78, 5) is 13.3. The van der Waals surface area contributed by atoms with Crippen molar-refractivity contribution in [2.45, 2.75) is 57.2 Å². The van der Waals surface area contributed by atoms with Gasteiger partial charge in [0.2, 0.25) is 0 Å². The molecule has 19 heavy (non-hydrogen) atoms. The molecule has 4 unspecified atom stereocenters. The zero-order valence-corrected chi connectivity index (χ0v) is 11.2. The number of rotatable bonds is 4. The Hall–Kier alpha value is -0.750. The minimum absolute atomic E-state index is 0.0801. The third-order valence-electron chi connectivity index (χ3n) is 4.42. The number of nitrogens with zero attached hydrogens (tertiary/aromatic N) is 1. The van der Waals surface area contributed by atoms with E-state index in [1.54, 1.807) is 0 Å². The van der Waals surface area contributed by atoms with E-state index in [0.29, 0.717) is 19.3 Å². The Morgan fingerprint density at radius 1 is 1.42 bits per heavy atom. The molecular formula is C13H21F2NO3. The summed E-state index contributed by atoms with van der Waals surface area (Å²) in [6, 6.07) is -0.507. The van der Waals surface area contributed by atoms with E-state index in [1.807, 2.05) is 0 Å². The maximum atomic E-state index is 14.0. The van der Waals surface area contributed by atoms with Gasteiger partial charge in [-0.2, -0.15) is 8.78 Å². The van der Waals surface area contributed by atoms with Crippen molar-refractivity contribution in [3.05, 3.63) is 0 Å². The molecule has 2 fully saturated rings. The first-order chi connectivity index (χ1) is 8.80. The monoisotopic (exact) mass is 277 g/mol. The van der Waals surface area contributed by atoms with Crippen LogP contribution in [0.5, 0.6) is 0 Å². The number of hydrogen-bond donors (Lipinski definition) is 2. The molecule has 4 atom stereocenters. The molecule has 2 bridgehead atoms. The lowest BCUT2D eigenvalue weighted by Gasteiger charge is -2.31. The summed E-state index contributed by atoms with van der Waals surface area (Å²) < 4.78 is 28.0. The maximum absolute atomic E-state index is 14.0. The first-order valence-electron chi connectivity index (χ1n) is 6.80. The molecular weight excluding hydrogens is 256 g/mol. The molecule has 2 N–H and O–H groups in total. The fraction of sp³-hybridized carbons (Fsp3) is 0.923. The molecule has 0 aliphatic carbocycles. The van der Waals surface area contributed by atoms with Crippen LogP contribution >= 0.6 is 0 Å². The predicted octanol–water partition coefficient (Wildman–Crippen LogP) is 1.01. The topological polar surface area (TPSA) is 60.8 Å². The van der Waals surface area contributed by atoms with E-state index >= 15 is 0 Å². The van der Waals surface area contributed by atoms with E-state index in [1.165, 1.54) is 18.7 Å². The second-order valence-electron chi connectivity index (χ2n) is 6.00. The van der Waals surface area contributed by atoms with Gasteiger partial charge in [-0.15, -0.1) is 0 Å². The molecule has 0 saturated carbocycles. The summed E-state index contributed by atoms with van der Waals surface area (Å²) in [5, 5.41) is 18.8. The van der Waals surface area contributed by atoms with Crippen LogP contribution in [0.4, 0.5) is 8.78 Å². The smallest absolute Gasteiger partial charge is 0.350 e. The second kappa shape index (κ2) is 4.98. The van der Waals surface area contributed by atoms with Crippen molar-refractivity contribution in [1.29, 1.82) is 0 Å². The number of alkyl halides is 2. The third-order valence-corrected chi connectivity index (χ3v) is 4.42. The van der Waals surface area contributed by atoms with Gasteiger partial charge in [0.15, 0.2) is 0 Å². The summed E-state index contributed by atoms with van der Waals surface area (Å²) in [6.45, 7) is 2.84. The van der Waals surface area contributed by atoms with E-state index in [9.17, 15) is 23.8 Å². The van der Waals surface area contributed by atoms with E-state index in [0.717, 1.165) is 0 Å². The minimum atomic E-state index is -3.75. The van der Waals surface area contributed by atoms with Crippen LogP contribution in [-0.4, -0.2) is 51.7 Å². The van der Waals surface area contributed by atoms with Gasteiger partial charge in [0.05, 0.1) is 0 Å². The predicted molar refractivity (Wildman–Crippen MR) is 64.6 cm³/mol. The average Bonchev–Trinajstić information content (AvgIpc) is 2.93. The van der Waals surface area contributed by atoms with Crippen LogP contribution in [0, 0.1) is 11.8 Å². The van der Waals surface area contributed by atoms with Crippen molar-refractivity contribution in [3.8, 4) is 0 Å². The highest BCUT2D eigenvalue weighted by Crippen LogP contribution is 2.44. The number of amides is 1. The van der Waals surface area contributed by atoms with Crippen molar-refractivity contribution >= 4 is 5.91 Å². The highest BCUT2D eigenvalue weighted by Gasteiger charge is 2.57. The zero-order chi connectivity index (χ0) is 14.4. The molecule has 0 aromatic rings. The van der Waals surface area contributed by atoms with Gasteiger partial charge >= 0.3 is 5.92 Å². The zero-order valence-electron chi connectivity index (χ0n) is 11.2. The molecule has 2 saturated heterocycles. The molecule has 110 valence electrons. The molecule has 2 heterocycles. The van der Waals surface area contributed by atoms with Crippen LogP contribution in [0.2, 0.25) is 0 Å². The number of hydrogen-bond acceptors (Lipinski definition) is 3. The van der Waals surface area contributed by atoms with Crippen LogP contribution in [0.3, 0.4) is 0 Å². The Kier molecular flexibility index (Phi) is 3.84.